The summed E-state index contributed by atoms with van der Waals surface area (Å²) in [4.78, 5) is 3.38. The van der Waals surface area contributed by atoms with E-state index in [1.807, 2.05) is 0 Å². The molecule has 1 heterocycles. The normalized spacial score (nSPS) is 29.3. The Kier molecular flexibility index (Phi) is 2.64. The molecule has 0 unspecified atom stereocenters. The lowest BCUT2D eigenvalue weighted by atomic mass is 9.91. The second-order valence-corrected chi connectivity index (χ2v) is 5.53. The first-order valence-corrected chi connectivity index (χ1v) is 6.74. The Bertz CT molecular complexity index is 438. The third-order valence-electron chi connectivity index (χ3n) is 4.06. The lowest BCUT2D eigenvalue weighted by Crippen LogP contribution is -2.28. The number of H-pyrrole nitrogens is 1. The predicted molar refractivity (Wildman–Crippen MR) is 67.1 cm³/mol. The first kappa shape index (κ1) is 10.5. The zero-order valence-electron chi connectivity index (χ0n) is 9.54. The minimum atomic E-state index is 0.414. The molecule has 0 aliphatic heterocycles. The van der Waals surface area contributed by atoms with Crippen LogP contribution in [0.2, 0.25) is 0 Å². The molecule has 2 aliphatic carbocycles. The maximum atomic E-state index is 5.96. The van der Waals surface area contributed by atoms with Crippen LogP contribution in [-0.4, -0.2) is 15.6 Å². The van der Waals surface area contributed by atoms with E-state index in [0.29, 0.717) is 12.1 Å². The fourth-order valence-electron chi connectivity index (χ4n) is 3.19. The van der Waals surface area contributed by atoms with Crippen molar-refractivity contribution in [3.8, 4) is 0 Å². The predicted octanol–water partition coefficient (Wildman–Crippen LogP) is 2.48. The third kappa shape index (κ3) is 1.64. The summed E-state index contributed by atoms with van der Waals surface area (Å²) in [5.41, 5.74) is 8.82. The van der Waals surface area contributed by atoms with E-state index in [1.54, 1.807) is 0 Å². The quantitative estimate of drug-likeness (QED) is 0.737. The number of nitrogens with one attached hydrogen (secondary N) is 1. The van der Waals surface area contributed by atoms with Gasteiger partial charge in [-0.1, -0.05) is 0 Å². The van der Waals surface area contributed by atoms with Gasteiger partial charge in [-0.25, -0.2) is 0 Å². The van der Waals surface area contributed by atoms with Crippen molar-refractivity contribution < 1.29 is 0 Å². The summed E-state index contributed by atoms with van der Waals surface area (Å²) >= 11 is 5.45. The fourth-order valence-corrected chi connectivity index (χ4v) is 3.57. The summed E-state index contributed by atoms with van der Waals surface area (Å²) in [6.07, 6.45) is 8.34. The molecule has 0 bridgehead atoms. The minimum Gasteiger partial charge on any atom is -0.334 e. The van der Waals surface area contributed by atoms with Crippen molar-refractivity contribution in [2.45, 2.75) is 57.0 Å². The summed E-state index contributed by atoms with van der Waals surface area (Å²) in [6.45, 7) is 0. The maximum absolute atomic E-state index is 5.96. The van der Waals surface area contributed by atoms with Gasteiger partial charge >= 0.3 is 0 Å². The molecule has 2 aliphatic rings. The lowest BCUT2D eigenvalue weighted by Gasteiger charge is -2.28. The van der Waals surface area contributed by atoms with Gasteiger partial charge in [0.05, 0.1) is 0 Å². The summed E-state index contributed by atoms with van der Waals surface area (Å²) in [6, 6.07) is 1.02. The van der Waals surface area contributed by atoms with Crippen LogP contribution in [0.15, 0.2) is 0 Å². The Labute approximate surface area is 101 Å². The Balaban J connectivity index is 1.92. The standard InChI is InChI=1S/C12H19N3S/c13-8-4-6-9(7-5-8)15-11-3-1-2-10(11)14-12(15)16/h8-9H,1-7,13H2,(H,14,16). The van der Waals surface area contributed by atoms with E-state index < -0.39 is 0 Å². The number of aromatic amines is 1. The van der Waals surface area contributed by atoms with Crippen molar-refractivity contribution >= 4 is 12.2 Å². The largest absolute Gasteiger partial charge is 0.334 e. The van der Waals surface area contributed by atoms with Gasteiger partial charge in [-0.15, -0.1) is 0 Å². The number of hydrogen-bond acceptors (Lipinski definition) is 2. The van der Waals surface area contributed by atoms with Crippen molar-refractivity contribution in [3.05, 3.63) is 16.2 Å². The van der Waals surface area contributed by atoms with Gasteiger partial charge in [0, 0.05) is 23.5 Å². The van der Waals surface area contributed by atoms with Gasteiger partial charge in [0.2, 0.25) is 0 Å². The topological polar surface area (TPSA) is 46.7 Å². The molecule has 0 aromatic carbocycles. The minimum absolute atomic E-state index is 0.414. The average molecular weight is 237 g/mol. The smallest absolute Gasteiger partial charge is 0.177 e. The van der Waals surface area contributed by atoms with E-state index in [9.17, 15) is 0 Å². The Hall–Kier alpha value is -0.610. The Morgan fingerprint density at radius 1 is 1.19 bits per heavy atom. The third-order valence-corrected chi connectivity index (χ3v) is 4.36. The molecule has 1 fully saturated rings. The lowest BCUT2D eigenvalue weighted by molar-refractivity contribution is 0.317. The molecule has 88 valence electrons. The van der Waals surface area contributed by atoms with E-state index >= 15 is 0 Å². The van der Waals surface area contributed by atoms with Crippen LogP contribution < -0.4 is 5.73 Å². The Morgan fingerprint density at radius 2 is 1.94 bits per heavy atom. The van der Waals surface area contributed by atoms with Crippen LogP contribution in [0.3, 0.4) is 0 Å². The molecule has 0 spiro atoms. The zero-order valence-corrected chi connectivity index (χ0v) is 10.4. The molecule has 1 aromatic heterocycles. The van der Waals surface area contributed by atoms with Crippen LogP contribution in [-0.2, 0) is 12.8 Å². The second-order valence-electron chi connectivity index (χ2n) is 5.15. The molecular weight excluding hydrogens is 218 g/mol. The number of aromatic nitrogens is 2. The molecule has 3 N–H and O–H groups in total. The van der Waals surface area contributed by atoms with Crippen LogP contribution in [0.5, 0.6) is 0 Å². The molecule has 0 amide bonds. The van der Waals surface area contributed by atoms with Crippen LogP contribution >= 0.6 is 12.2 Å². The number of nitrogens with two attached hydrogens (primary N) is 1. The monoisotopic (exact) mass is 237 g/mol. The van der Waals surface area contributed by atoms with Crippen molar-refractivity contribution in [1.82, 2.24) is 9.55 Å². The van der Waals surface area contributed by atoms with Gasteiger partial charge in [0.15, 0.2) is 4.77 Å². The van der Waals surface area contributed by atoms with Crippen molar-refractivity contribution in [3.63, 3.8) is 0 Å². The van der Waals surface area contributed by atoms with Gasteiger partial charge in [-0.3, -0.25) is 0 Å². The van der Waals surface area contributed by atoms with Gasteiger partial charge < -0.3 is 15.3 Å². The molecule has 0 atom stereocenters. The molecule has 0 saturated heterocycles. The highest BCUT2D eigenvalue weighted by Gasteiger charge is 2.25. The van der Waals surface area contributed by atoms with Crippen LogP contribution in [0, 0.1) is 4.77 Å². The first-order chi connectivity index (χ1) is 7.75. The summed E-state index contributed by atoms with van der Waals surface area (Å²) in [5, 5.41) is 0. The van der Waals surface area contributed by atoms with E-state index in [4.69, 9.17) is 18.0 Å². The Morgan fingerprint density at radius 3 is 2.69 bits per heavy atom. The average Bonchev–Trinajstić information content (AvgIpc) is 2.79. The molecule has 0 radical (unpaired) electrons. The molecule has 3 rings (SSSR count). The van der Waals surface area contributed by atoms with Crippen molar-refractivity contribution in [2.24, 2.45) is 5.73 Å². The summed E-state index contributed by atoms with van der Waals surface area (Å²) < 4.78 is 3.33. The van der Waals surface area contributed by atoms with Crippen LogP contribution in [0.4, 0.5) is 0 Å². The molecule has 1 aromatic rings. The number of aryl methyl sites for hydroxylation is 1. The summed E-state index contributed by atoms with van der Waals surface area (Å²) in [5.74, 6) is 0. The van der Waals surface area contributed by atoms with Gasteiger partial charge in [0.25, 0.3) is 0 Å². The fraction of sp³-hybridized carbons (Fsp3) is 0.750. The van der Waals surface area contributed by atoms with Crippen LogP contribution in [0.1, 0.15) is 49.5 Å². The highest BCUT2D eigenvalue weighted by molar-refractivity contribution is 7.71. The maximum Gasteiger partial charge on any atom is 0.177 e. The molecule has 16 heavy (non-hydrogen) atoms. The highest BCUT2D eigenvalue weighted by atomic mass is 32.1. The first-order valence-electron chi connectivity index (χ1n) is 6.33. The van der Waals surface area contributed by atoms with E-state index in [-0.39, 0.29) is 0 Å². The number of hydrogen-bond donors (Lipinski definition) is 2. The van der Waals surface area contributed by atoms with Gasteiger partial charge in [0.1, 0.15) is 0 Å². The number of nitrogens with zero attached hydrogens (tertiary/aromatic N) is 1. The van der Waals surface area contributed by atoms with Gasteiger partial charge in [-0.2, -0.15) is 0 Å². The number of rotatable bonds is 1. The van der Waals surface area contributed by atoms with E-state index in [1.165, 1.54) is 43.5 Å². The van der Waals surface area contributed by atoms with Crippen LogP contribution in [0.25, 0.3) is 0 Å². The molecule has 1 saturated carbocycles. The zero-order chi connectivity index (χ0) is 11.1. The van der Waals surface area contributed by atoms with Crippen molar-refractivity contribution in [1.29, 1.82) is 0 Å². The summed E-state index contributed by atoms with van der Waals surface area (Å²) in [7, 11) is 0. The molecular formula is C12H19N3S. The van der Waals surface area contributed by atoms with Crippen molar-refractivity contribution in [2.75, 3.05) is 0 Å². The number of fused-ring (bicyclic) bond motifs is 1. The van der Waals surface area contributed by atoms with E-state index in [0.717, 1.165) is 17.6 Å². The SMILES string of the molecule is NC1CCC(n2c3c([nH]c2=S)CCC3)CC1. The highest BCUT2D eigenvalue weighted by Crippen LogP contribution is 2.32. The van der Waals surface area contributed by atoms with Gasteiger partial charge in [-0.05, 0) is 57.2 Å². The van der Waals surface area contributed by atoms with E-state index in [2.05, 4.69) is 9.55 Å². The molecule has 4 heteroatoms. The second kappa shape index (κ2) is 4.00. The number of imidazole rings is 1. The molecule has 3 nitrogen and oxygen atoms in total.